The summed E-state index contributed by atoms with van der Waals surface area (Å²) >= 11 is 0. The number of benzene rings is 1. The van der Waals surface area contributed by atoms with Crippen molar-refractivity contribution in [1.82, 2.24) is 15.1 Å². The molecule has 1 amide bonds. The van der Waals surface area contributed by atoms with Gasteiger partial charge in [0.05, 0.1) is 6.61 Å². The molecule has 130 valence electrons. The van der Waals surface area contributed by atoms with Gasteiger partial charge in [-0.05, 0) is 5.56 Å². The zero-order chi connectivity index (χ0) is 14.5. The smallest absolute Gasteiger partial charge is 0.253 e. The minimum absolute atomic E-state index is 0. The molecule has 2 saturated heterocycles. The third-order valence-corrected chi connectivity index (χ3v) is 4.14. The summed E-state index contributed by atoms with van der Waals surface area (Å²) in [4.78, 5) is 16.7. The lowest BCUT2D eigenvalue weighted by Gasteiger charge is -2.37. The summed E-state index contributed by atoms with van der Waals surface area (Å²) in [7, 11) is 0. The van der Waals surface area contributed by atoms with Crippen molar-refractivity contribution in [2.45, 2.75) is 12.6 Å². The molecular weight excluding hydrogens is 337 g/mol. The monoisotopic (exact) mass is 361 g/mol. The minimum atomic E-state index is -0.292. The van der Waals surface area contributed by atoms with E-state index in [-0.39, 0.29) is 36.8 Å². The maximum atomic E-state index is 12.4. The average Bonchev–Trinajstić information content (AvgIpc) is 2.57. The van der Waals surface area contributed by atoms with Crippen molar-refractivity contribution < 1.29 is 9.53 Å². The number of carbonyl (C=O) groups excluding carboxylic acids is 1. The van der Waals surface area contributed by atoms with Crippen LogP contribution in [-0.2, 0) is 16.1 Å². The second-order valence-corrected chi connectivity index (χ2v) is 5.65. The highest BCUT2D eigenvalue weighted by Crippen LogP contribution is 2.10. The molecule has 23 heavy (non-hydrogen) atoms. The fourth-order valence-electron chi connectivity index (χ4n) is 2.90. The largest absolute Gasteiger partial charge is 0.366 e. The van der Waals surface area contributed by atoms with Crippen LogP contribution >= 0.6 is 24.8 Å². The highest BCUT2D eigenvalue weighted by Gasteiger charge is 2.29. The first kappa shape index (κ1) is 20.2. The van der Waals surface area contributed by atoms with Gasteiger partial charge in [0.2, 0.25) is 0 Å². The molecule has 0 bridgehead atoms. The Morgan fingerprint density at radius 2 is 1.83 bits per heavy atom. The summed E-state index contributed by atoms with van der Waals surface area (Å²) in [6, 6.07) is 10.5. The second kappa shape index (κ2) is 10.1. The number of hydrogen-bond acceptors (Lipinski definition) is 4. The fraction of sp³-hybridized carbons (Fsp3) is 0.562. The molecule has 0 aromatic heterocycles. The van der Waals surface area contributed by atoms with Crippen LogP contribution in [0.5, 0.6) is 0 Å². The van der Waals surface area contributed by atoms with E-state index in [0.29, 0.717) is 13.2 Å². The van der Waals surface area contributed by atoms with E-state index in [4.69, 9.17) is 4.74 Å². The number of rotatable bonds is 3. The van der Waals surface area contributed by atoms with Gasteiger partial charge >= 0.3 is 0 Å². The summed E-state index contributed by atoms with van der Waals surface area (Å²) in [5.41, 5.74) is 1.33. The van der Waals surface area contributed by atoms with Crippen molar-refractivity contribution in [1.29, 1.82) is 0 Å². The number of morpholine rings is 1. The first-order chi connectivity index (χ1) is 10.3. The maximum Gasteiger partial charge on any atom is 0.253 e. The molecule has 2 aliphatic rings. The standard InChI is InChI=1S/C16H23N3O2.2ClH/c20-16(15-12-17-6-11-21-15)19-9-7-18(8-10-19)13-14-4-2-1-3-5-14;;/h1-5,15,17H,6-13H2;2*1H. The number of halogens is 2. The Morgan fingerprint density at radius 3 is 2.43 bits per heavy atom. The molecular formula is C16H25Cl2N3O2. The maximum absolute atomic E-state index is 12.4. The fourth-order valence-corrected chi connectivity index (χ4v) is 2.90. The summed E-state index contributed by atoms with van der Waals surface area (Å²) < 4.78 is 5.55. The molecule has 0 aliphatic carbocycles. The van der Waals surface area contributed by atoms with Crippen molar-refractivity contribution >= 4 is 30.7 Å². The topological polar surface area (TPSA) is 44.8 Å². The lowest BCUT2D eigenvalue weighted by molar-refractivity contribution is -0.147. The Bertz CT molecular complexity index is 462. The Kier molecular flexibility index (Phi) is 8.87. The van der Waals surface area contributed by atoms with Crippen LogP contribution in [0.2, 0.25) is 0 Å². The summed E-state index contributed by atoms with van der Waals surface area (Å²) in [5, 5.41) is 3.21. The van der Waals surface area contributed by atoms with E-state index >= 15 is 0 Å². The van der Waals surface area contributed by atoms with E-state index in [2.05, 4.69) is 34.5 Å². The van der Waals surface area contributed by atoms with Crippen LogP contribution in [0.1, 0.15) is 5.56 Å². The Labute approximate surface area is 150 Å². The number of carbonyl (C=O) groups is 1. The van der Waals surface area contributed by atoms with Gasteiger partial charge in [0.1, 0.15) is 6.10 Å². The number of hydrogen-bond donors (Lipinski definition) is 1. The molecule has 1 aromatic carbocycles. The van der Waals surface area contributed by atoms with Gasteiger partial charge in [0.25, 0.3) is 5.91 Å². The summed E-state index contributed by atoms with van der Waals surface area (Å²) in [6.07, 6.45) is -0.292. The molecule has 2 heterocycles. The molecule has 1 aromatic rings. The van der Waals surface area contributed by atoms with Gasteiger partial charge in [-0.25, -0.2) is 0 Å². The van der Waals surface area contributed by atoms with Crippen molar-refractivity contribution in [3.63, 3.8) is 0 Å². The van der Waals surface area contributed by atoms with Crippen LogP contribution < -0.4 is 5.32 Å². The van der Waals surface area contributed by atoms with Gasteiger partial charge in [0, 0.05) is 45.8 Å². The average molecular weight is 362 g/mol. The van der Waals surface area contributed by atoms with Crippen LogP contribution in [0.15, 0.2) is 30.3 Å². The van der Waals surface area contributed by atoms with E-state index in [1.807, 2.05) is 11.0 Å². The molecule has 5 nitrogen and oxygen atoms in total. The molecule has 0 radical (unpaired) electrons. The molecule has 1 unspecified atom stereocenters. The lowest BCUT2D eigenvalue weighted by atomic mass is 10.2. The number of amides is 1. The van der Waals surface area contributed by atoms with Crippen LogP contribution in [0.25, 0.3) is 0 Å². The van der Waals surface area contributed by atoms with Crippen molar-refractivity contribution in [2.24, 2.45) is 0 Å². The molecule has 2 fully saturated rings. The predicted octanol–water partition coefficient (Wildman–Crippen LogP) is 1.16. The molecule has 2 aliphatic heterocycles. The highest BCUT2D eigenvalue weighted by molar-refractivity contribution is 5.85. The van der Waals surface area contributed by atoms with Gasteiger partial charge in [-0.1, -0.05) is 30.3 Å². The summed E-state index contributed by atoms with van der Waals surface area (Å²) in [5.74, 6) is 0.140. The number of ether oxygens (including phenoxy) is 1. The normalized spacial score (nSPS) is 21.9. The van der Waals surface area contributed by atoms with E-state index in [1.54, 1.807) is 0 Å². The van der Waals surface area contributed by atoms with Crippen LogP contribution in [0.4, 0.5) is 0 Å². The van der Waals surface area contributed by atoms with E-state index in [1.165, 1.54) is 5.56 Å². The molecule has 1 atom stereocenters. The lowest BCUT2D eigenvalue weighted by Crippen LogP contribution is -2.54. The van der Waals surface area contributed by atoms with Crippen LogP contribution in [0.3, 0.4) is 0 Å². The van der Waals surface area contributed by atoms with Crippen molar-refractivity contribution in [2.75, 3.05) is 45.9 Å². The third kappa shape index (κ3) is 5.62. The van der Waals surface area contributed by atoms with Gasteiger partial charge in [-0.2, -0.15) is 0 Å². The molecule has 0 spiro atoms. The molecule has 0 saturated carbocycles. The number of nitrogens with zero attached hydrogens (tertiary/aromatic N) is 2. The predicted molar refractivity (Wildman–Crippen MR) is 95.4 cm³/mol. The van der Waals surface area contributed by atoms with E-state index in [0.717, 1.165) is 39.3 Å². The van der Waals surface area contributed by atoms with Gasteiger partial charge in [0.15, 0.2) is 0 Å². The highest BCUT2D eigenvalue weighted by atomic mass is 35.5. The zero-order valence-corrected chi connectivity index (χ0v) is 14.8. The molecule has 3 rings (SSSR count). The number of nitrogens with one attached hydrogen (secondary N) is 1. The van der Waals surface area contributed by atoms with Gasteiger partial charge in [-0.3, -0.25) is 9.69 Å². The second-order valence-electron chi connectivity index (χ2n) is 5.65. The van der Waals surface area contributed by atoms with Crippen molar-refractivity contribution in [3.05, 3.63) is 35.9 Å². The van der Waals surface area contributed by atoms with Gasteiger partial charge < -0.3 is 15.0 Å². The third-order valence-electron chi connectivity index (χ3n) is 4.14. The Balaban J connectivity index is 0.00000132. The van der Waals surface area contributed by atoms with E-state index in [9.17, 15) is 4.79 Å². The molecule has 7 heteroatoms. The quantitative estimate of drug-likeness (QED) is 0.877. The first-order valence-electron chi connectivity index (χ1n) is 7.70. The van der Waals surface area contributed by atoms with Gasteiger partial charge in [-0.15, -0.1) is 24.8 Å². The molecule has 1 N–H and O–H groups in total. The van der Waals surface area contributed by atoms with Crippen LogP contribution in [-0.4, -0.2) is 67.7 Å². The first-order valence-corrected chi connectivity index (χ1v) is 7.70. The van der Waals surface area contributed by atoms with Crippen LogP contribution in [0, 0.1) is 0 Å². The number of piperazine rings is 1. The van der Waals surface area contributed by atoms with Crippen molar-refractivity contribution in [3.8, 4) is 0 Å². The zero-order valence-electron chi connectivity index (χ0n) is 13.1. The summed E-state index contributed by atoms with van der Waals surface area (Å²) in [6.45, 7) is 6.53. The minimum Gasteiger partial charge on any atom is -0.366 e. The Morgan fingerprint density at radius 1 is 1.13 bits per heavy atom. The SMILES string of the molecule is Cl.Cl.O=C(C1CNCCO1)N1CCN(Cc2ccccc2)CC1. The Hall–Kier alpha value is -0.850. The van der Waals surface area contributed by atoms with E-state index < -0.39 is 0 Å².